The fourth-order valence-electron chi connectivity index (χ4n) is 2.02. The zero-order chi connectivity index (χ0) is 16.8. The number of hydrogen-bond donors (Lipinski definition) is 1. The van der Waals surface area contributed by atoms with Crippen molar-refractivity contribution >= 4 is 27.7 Å². The summed E-state index contributed by atoms with van der Waals surface area (Å²) in [7, 11) is 1.75. The van der Waals surface area contributed by atoms with Crippen LogP contribution >= 0.6 is 15.9 Å². The molecule has 5 nitrogen and oxygen atoms in total. The molecule has 0 unspecified atom stereocenters. The van der Waals surface area contributed by atoms with E-state index in [-0.39, 0.29) is 12.5 Å². The SMILES string of the molecule is CN(Cc1ccccc1Br)C(=O)c1ccc(OCC(N)=O)cc1. The quantitative estimate of drug-likeness (QED) is 0.841. The normalized spacial score (nSPS) is 10.2. The van der Waals surface area contributed by atoms with Crippen molar-refractivity contribution in [1.82, 2.24) is 4.90 Å². The summed E-state index contributed by atoms with van der Waals surface area (Å²) < 4.78 is 6.14. The average molecular weight is 377 g/mol. The van der Waals surface area contributed by atoms with Crippen LogP contribution < -0.4 is 10.5 Å². The molecule has 2 amide bonds. The van der Waals surface area contributed by atoms with Crippen molar-refractivity contribution in [3.63, 3.8) is 0 Å². The van der Waals surface area contributed by atoms with Crippen LogP contribution in [0.15, 0.2) is 53.0 Å². The Kier molecular flexibility index (Phi) is 5.76. The van der Waals surface area contributed by atoms with Crippen LogP contribution in [0.4, 0.5) is 0 Å². The fraction of sp³-hybridized carbons (Fsp3) is 0.176. The topological polar surface area (TPSA) is 72.6 Å². The maximum absolute atomic E-state index is 12.4. The molecule has 0 heterocycles. The predicted octanol–water partition coefficient (Wildman–Crippen LogP) is 2.59. The zero-order valence-corrected chi connectivity index (χ0v) is 14.2. The molecule has 0 radical (unpaired) electrons. The monoisotopic (exact) mass is 376 g/mol. The summed E-state index contributed by atoms with van der Waals surface area (Å²) in [6.07, 6.45) is 0. The Hall–Kier alpha value is -2.34. The molecule has 0 atom stereocenters. The molecule has 23 heavy (non-hydrogen) atoms. The average Bonchev–Trinajstić information content (AvgIpc) is 2.54. The maximum atomic E-state index is 12.4. The summed E-state index contributed by atoms with van der Waals surface area (Å²) >= 11 is 3.48. The van der Waals surface area contributed by atoms with Gasteiger partial charge in [0.05, 0.1) is 0 Å². The number of carbonyl (C=O) groups is 2. The van der Waals surface area contributed by atoms with Gasteiger partial charge in [0.1, 0.15) is 5.75 Å². The van der Waals surface area contributed by atoms with Gasteiger partial charge in [0, 0.05) is 23.6 Å². The Labute approximate surface area is 143 Å². The van der Waals surface area contributed by atoms with E-state index in [4.69, 9.17) is 10.5 Å². The Bertz CT molecular complexity index is 701. The van der Waals surface area contributed by atoms with Crippen molar-refractivity contribution in [3.8, 4) is 5.75 Å². The maximum Gasteiger partial charge on any atom is 0.255 e. The molecule has 2 aromatic rings. The highest BCUT2D eigenvalue weighted by atomic mass is 79.9. The lowest BCUT2D eigenvalue weighted by Crippen LogP contribution is -2.26. The molecule has 0 aliphatic heterocycles. The van der Waals surface area contributed by atoms with Gasteiger partial charge < -0.3 is 15.4 Å². The second-order valence-electron chi connectivity index (χ2n) is 5.03. The Morgan fingerprint density at radius 3 is 2.39 bits per heavy atom. The summed E-state index contributed by atoms with van der Waals surface area (Å²) in [6, 6.07) is 14.4. The largest absolute Gasteiger partial charge is 0.484 e. The van der Waals surface area contributed by atoms with E-state index in [9.17, 15) is 9.59 Å². The van der Waals surface area contributed by atoms with Crippen LogP contribution in [0.1, 0.15) is 15.9 Å². The fourth-order valence-corrected chi connectivity index (χ4v) is 2.43. The highest BCUT2D eigenvalue weighted by Gasteiger charge is 2.13. The lowest BCUT2D eigenvalue weighted by atomic mass is 10.1. The molecular formula is C17H17BrN2O3. The molecule has 0 spiro atoms. The molecule has 2 aromatic carbocycles. The Balaban J connectivity index is 2.02. The van der Waals surface area contributed by atoms with Crippen LogP contribution in [-0.2, 0) is 11.3 Å². The van der Waals surface area contributed by atoms with Gasteiger partial charge in [0.25, 0.3) is 11.8 Å². The van der Waals surface area contributed by atoms with Crippen molar-refractivity contribution < 1.29 is 14.3 Å². The summed E-state index contributed by atoms with van der Waals surface area (Å²) in [5, 5.41) is 0. The van der Waals surface area contributed by atoms with Gasteiger partial charge in [0.2, 0.25) is 0 Å². The van der Waals surface area contributed by atoms with Gasteiger partial charge in [-0.2, -0.15) is 0 Å². The third-order valence-corrected chi connectivity index (χ3v) is 3.97. The molecule has 6 heteroatoms. The summed E-state index contributed by atoms with van der Waals surface area (Å²) in [6.45, 7) is 0.315. The number of carbonyl (C=O) groups excluding carboxylic acids is 2. The van der Waals surface area contributed by atoms with Gasteiger partial charge in [-0.15, -0.1) is 0 Å². The van der Waals surface area contributed by atoms with Crippen LogP contribution in [0.25, 0.3) is 0 Å². The summed E-state index contributed by atoms with van der Waals surface area (Å²) in [5.74, 6) is -0.144. The van der Waals surface area contributed by atoms with E-state index < -0.39 is 5.91 Å². The number of halogens is 1. The Morgan fingerprint density at radius 1 is 1.13 bits per heavy atom. The van der Waals surface area contributed by atoms with Crippen molar-refractivity contribution in [2.75, 3.05) is 13.7 Å². The molecule has 2 N–H and O–H groups in total. The minimum Gasteiger partial charge on any atom is -0.484 e. The van der Waals surface area contributed by atoms with E-state index in [2.05, 4.69) is 15.9 Å². The second-order valence-corrected chi connectivity index (χ2v) is 5.89. The molecule has 0 aromatic heterocycles. The second kappa shape index (κ2) is 7.78. The van der Waals surface area contributed by atoms with Crippen LogP contribution in [0.5, 0.6) is 5.75 Å². The molecule has 0 fully saturated rings. The van der Waals surface area contributed by atoms with E-state index in [0.29, 0.717) is 17.9 Å². The van der Waals surface area contributed by atoms with E-state index in [0.717, 1.165) is 10.0 Å². The van der Waals surface area contributed by atoms with Crippen LogP contribution in [0.2, 0.25) is 0 Å². The Morgan fingerprint density at radius 2 is 1.78 bits per heavy atom. The molecule has 0 bridgehead atoms. The van der Waals surface area contributed by atoms with Gasteiger partial charge in [-0.3, -0.25) is 9.59 Å². The number of hydrogen-bond acceptors (Lipinski definition) is 3. The first kappa shape index (κ1) is 17.0. The zero-order valence-electron chi connectivity index (χ0n) is 12.7. The molecular weight excluding hydrogens is 360 g/mol. The summed E-state index contributed by atoms with van der Waals surface area (Å²) in [5.41, 5.74) is 6.59. The number of rotatable bonds is 6. The minimum absolute atomic E-state index is 0.0952. The van der Waals surface area contributed by atoms with Gasteiger partial charge in [-0.1, -0.05) is 34.1 Å². The first-order chi connectivity index (χ1) is 11.0. The summed E-state index contributed by atoms with van der Waals surface area (Å²) in [4.78, 5) is 24.7. The number of nitrogens with zero attached hydrogens (tertiary/aromatic N) is 1. The minimum atomic E-state index is -0.543. The van der Waals surface area contributed by atoms with Gasteiger partial charge in [-0.05, 0) is 35.9 Å². The van der Waals surface area contributed by atoms with Gasteiger partial charge in [-0.25, -0.2) is 0 Å². The van der Waals surface area contributed by atoms with Crippen LogP contribution in [-0.4, -0.2) is 30.4 Å². The van der Waals surface area contributed by atoms with Crippen molar-refractivity contribution in [2.24, 2.45) is 5.73 Å². The highest BCUT2D eigenvalue weighted by molar-refractivity contribution is 9.10. The van der Waals surface area contributed by atoms with Gasteiger partial charge in [0.15, 0.2) is 6.61 Å². The third kappa shape index (κ3) is 4.82. The van der Waals surface area contributed by atoms with Crippen molar-refractivity contribution in [2.45, 2.75) is 6.54 Å². The number of primary amides is 1. The van der Waals surface area contributed by atoms with E-state index in [1.54, 1.807) is 36.2 Å². The smallest absolute Gasteiger partial charge is 0.255 e. The van der Waals surface area contributed by atoms with E-state index >= 15 is 0 Å². The first-order valence-corrected chi connectivity index (χ1v) is 7.76. The van der Waals surface area contributed by atoms with Crippen LogP contribution in [0, 0.1) is 0 Å². The van der Waals surface area contributed by atoms with Crippen molar-refractivity contribution in [3.05, 3.63) is 64.1 Å². The van der Waals surface area contributed by atoms with Crippen molar-refractivity contribution in [1.29, 1.82) is 0 Å². The number of benzene rings is 2. The highest BCUT2D eigenvalue weighted by Crippen LogP contribution is 2.19. The molecule has 2 rings (SSSR count). The predicted molar refractivity (Wildman–Crippen MR) is 91.1 cm³/mol. The van der Waals surface area contributed by atoms with E-state index in [1.165, 1.54) is 0 Å². The lowest BCUT2D eigenvalue weighted by molar-refractivity contribution is -0.119. The molecule has 0 saturated heterocycles. The van der Waals surface area contributed by atoms with Gasteiger partial charge >= 0.3 is 0 Å². The first-order valence-electron chi connectivity index (χ1n) is 6.97. The number of ether oxygens (including phenoxy) is 1. The third-order valence-electron chi connectivity index (χ3n) is 3.19. The molecule has 0 aliphatic rings. The standard InChI is InChI=1S/C17H17BrN2O3/c1-20(10-13-4-2-3-5-15(13)18)17(22)12-6-8-14(9-7-12)23-11-16(19)21/h2-9H,10-11H2,1H3,(H2,19,21). The lowest BCUT2D eigenvalue weighted by Gasteiger charge is -2.18. The number of amides is 2. The van der Waals surface area contributed by atoms with E-state index in [1.807, 2.05) is 24.3 Å². The van der Waals surface area contributed by atoms with Crippen LogP contribution in [0.3, 0.4) is 0 Å². The number of nitrogens with two attached hydrogens (primary N) is 1. The molecule has 120 valence electrons. The molecule has 0 aliphatic carbocycles. The molecule has 0 saturated carbocycles.